The van der Waals surface area contributed by atoms with Crippen molar-refractivity contribution in [1.82, 2.24) is 15.5 Å². The molecule has 1 aromatic heterocycles. The minimum Gasteiger partial charge on any atom is -0.335 e. The van der Waals surface area contributed by atoms with Crippen LogP contribution in [0.3, 0.4) is 0 Å². The van der Waals surface area contributed by atoms with E-state index in [2.05, 4.69) is 33.9 Å². The second-order valence-corrected chi connectivity index (χ2v) is 7.55. The van der Waals surface area contributed by atoms with Crippen LogP contribution in [0.4, 0.5) is 4.79 Å². The van der Waals surface area contributed by atoms with Crippen molar-refractivity contribution in [1.29, 1.82) is 0 Å². The van der Waals surface area contributed by atoms with E-state index in [4.69, 9.17) is 0 Å². The van der Waals surface area contributed by atoms with Crippen LogP contribution >= 0.6 is 11.3 Å². The Bertz CT molecular complexity index is 566. The number of nitrogens with zero attached hydrogens (tertiary/aromatic N) is 1. The molecule has 23 heavy (non-hydrogen) atoms. The fourth-order valence-electron chi connectivity index (χ4n) is 3.60. The standard InChI is InChI=1S/C17H25N3O2S/c1-12-14-8-10-23-15(14)7-9-20(12)11-16(21)19-17(22)18-13-5-3-2-4-6-13/h8,10,12-13H,2-7,9,11H2,1H3,(H2,18,19,21,22)/t12-/m0/s1. The topological polar surface area (TPSA) is 61.4 Å². The zero-order chi connectivity index (χ0) is 16.2. The molecule has 1 atom stereocenters. The van der Waals surface area contributed by atoms with Crippen molar-refractivity contribution in [2.45, 2.75) is 57.5 Å². The van der Waals surface area contributed by atoms with Gasteiger partial charge in [-0.2, -0.15) is 0 Å². The van der Waals surface area contributed by atoms with Gasteiger partial charge in [-0.25, -0.2) is 4.79 Å². The van der Waals surface area contributed by atoms with Gasteiger partial charge in [0.1, 0.15) is 0 Å². The lowest BCUT2D eigenvalue weighted by molar-refractivity contribution is -0.121. The summed E-state index contributed by atoms with van der Waals surface area (Å²) in [7, 11) is 0. The van der Waals surface area contributed by atoms with Gasteiger partial charge >= 0.3 is 6.03 Å². The maximum Gasteiger partial charge on any atom is 0.321 e. The summed E-state index contributed by atoms with van der Waals surface area (Å²) in [5.41, 5.74) is 1.32. The van der Waals surface area contributed by atoms with Crippen molar-refractivity contribution in [2.75, 3.05) is 13.1 Å². The number of nitrogens with one attached hydrogen (secondary N) is 2. The van der Waals surface area contributed by atoms with Gasteiger partial charge in [0.25, 0.3) is 0 Å². The highest BCUT2D eigenvalue weighted by molar-refractivity contribution is 7.10. The number of urea groups is 1. The minimum absolute atomic E-state index is 0.219. The first-order chi connectivity index (χ1) is 11.1. The smallest absolute Gasteiger partial charge is 0.321 e. The van der Waals surface area contributed by atoms with E-state index < -0.39 is 0 Å². The molecule has 0 saturated heterocycles. The number of fused-ring (bicyclic) bond motifs is 1. The van der Waals surface area contributed by atoms with Crippen molar-refractivity contribution in [3.63, 3.8) is 0 Å². The lowest BCUT2D eigenvalue weighted by atomic mass is 9.96. The predicted molar refractivity (Wildman–Crippen MR) is 91.6 cm³/mol. The maximum atomic E-state index is 12.1. The molecule has 0 spiro atoms. The fourth-order valence-corrected chi connectivity index (χ4v) is 4.56. The van der Waals surface area contributed by atoms with E-state index in [9.17, 15) is 9.59 Å². The molecule has 0 aromatic carbocycles. The second-order valence-electron chi connectivity index (χ2n) is 6.55. The number of carbonyl (C=O) groups excluding carboxylic acids is 2. The number of hydrogen-bond donors (Lipinski definition) is 2. The van der Waals surface area contributed by atoms with Crippen LogP contribution in [0.15, 0.2) is 11.4 Å². The summed E-state index contributed by atoms with van der Waals surface area (Å²) >= 11 is 1.79. The van der Waals surface area contributed by atoms with Gasteiger partial charge in [-0.05, 0) is 43.2 Å². The first-order valence-electron chi connectivity index (χ1n) is 8.54. The van der Waals surface area contributed by atoms with Crippen LogP contribution < -0.4 is 10.6 Å². The van der Waals surface area contributed by atoms with Crippen LogP contribution in [0, 0.1) is 0 Å². The third-order valence-electron chi connectivity index (χ3n) is 4.94. The normalized spacial score (nSPS) is 22.4. The Labute approximate surface area is 141 Å². The highest BCUT2D eigenvalue weighted by Crippen LogP contribution is 2.32. The summed E-state index contributed by atoms with van der Waals surface area (Å²) in [5.74, 6) is -0.219. The zero-order valence-corrected chi connectivity index (χ0v) is 14.5. The molecule has 0 radical (unpaired) electrons. The molecule has 3 amide bonds. The number of rotatable bonds is 3. The van der Waals surface area contributed by atoms with Gasteiger partial charge in [0, 0.05) is 23.5 Å². The maximum absolute atomic E-state index is 12.1. The van der Waals surface area contributed by atoms with E-state index in [0.29, 0.717) is 0 Å². The molecule has 126 valence electrons. The third-order valence-corrected chi connectivity index (χ3v) is 5.94. The predicted octanol–water partition coefficient (Wildman–Crippen LogP) is 2.83. The van der Waals surface area contributed by atoms with E-state index in [-0.39, 0.29) is 30.6 Å². The monoisotopic (exact) mass is 335 g/mol. The van der Waals surface area contributed by atoms with Crippen LogP contribution in [-0.4, -0.2) is 36.0 Å². The molecule has 2 N–H and O–H groups in total. The van der Waals surface area contributed by atoms with Gasteiger partial charge in [-0.1, -0.05) is 19.3 Å². The Balaban J connectivity index is 1.46. The lowest BCUT2D eigenvalue weighted by Gasteiger charge is -2.32. The van der Waals surface area contributed by atoms with E-state index >= 15 is 0 Å². The van der Waals surface area contributed by atoms with Crippen LogP contribution in [-0.2, 0) is 11.2 Å². The first kappa shape index (κ1) is 16.5. The molecular weight excluding hydrogens is 310 g/mol. The Hall–Kier alpha value is -1.40. The summed E-state index contributed by atoms with van der Waals surface area (Å²) in [4.78, 5) is 27.6. The zero-order valence-electron chi connectivity index (χ0n) is 13.6. The van der Waals surface area contributed by atoms with Crippen LogP contribution in [0.5, 0.6) is 0 Å². The van der Waals surface area contributed by atoms with Crippen LogP contribution in [0.1, 0.15) is 55.5 Å². The van der Waals surface area contributed by atoms with Crippen LogP contribution in [0.25, 0.3) is 0 Å². The summed E-state index contributed by atoms with van der Waals surface area (Å²) < 4.78 is 0. The Morgan fingerprint density at radius 3 is 2.87 bits per heavy atom. The van der Waals surface area contributed by atoms with Gasteiger partial charge in [0.2, 0.25) is 5.91 Å². The molecule has 2 heterocycles. The Morgan fingerprint density at radius 2 is 2.09 bits per heavy atom. The molecule has 5 nitrogen and oxygen atoms in total. The number of imide groups is 1. The minimum atomic E-state index is -0.345. The van der Waals surface area contributed by atoms with Crippen molar-refractivity contribution >= 4 is 23.3 Å². The molecule has 1 aromatic rings. The van der Waals surface area contributed by atoms with Crippen molar-refractivity contribution in [3.05, 3.63) is 21.9 Å². The van der Waals surface area contributed by atoms with Gasteiger partial charge in [-0.15, -0.1) is 11.3 Å². The third kappa shape index (κ3) is 4.12. The summed E-state index contributed by atoms with van der Waals surface area (Å²) in [6.45, 7) is 3.26. The molecular formula is C17H25N3O2S. The molecule has 1 fully saturated rings. The SMILES string of the molecule is C[C@H]1c2ccsc2CCN1CC(=O)NC(=O)NC1CCCCC1. The van der Waals surface area contributed by atoms with Crippen molar-refractivity contribution < 1.29 is 9.59 Å². The number of amides is 3. The highest BCUT2D eigenvalue weighted by atomic mass is 32.1. The van der Waals surface area contributed by atoms with Crippen molar-refractivity contribution in [2.24, 2.45) is 0 Å². The summed E-state index contributed by atoms with van der Waals surface area (Å²) in [6.07, 6.45) is 6.59. The quantitative estimate of drug-likeness (QED) is 0.893. The van der Waals surface area contributed by atoms with Gasteiger partial charge < -0.3 is 5.32 Å². The summed E-state index contributed by atoms with van der Waals surface area (Å²) in [6, 6.07) is 2.25. The van der Waals surface area contributed by atoms with Gasteiger partial charge in [-0.3, -0.25) is 15.0 Å². The molecule has 1 aliphatic carbocycles. The fraction of sp³-hybridized carbons (Fsp3) is 0.647. The van der Waals surface area contributed by atoms with E-state index in [1.807, 2.05) is 0 Å². The van der Waals surface area contributed by atoms with E-state index in [1.54, 1.807) is 11.3 Å². The molecule has 0 bridgehead atoms. The largest absolute Gasteiger partial charge is 0.335 e. The van der Waals surface area contributed by atoms with E-state index in [1.165, 1.54) is 16.9 Å². The molecule has 2 aliphatic rings. The Morgan fingerprint density at radius 1 is 1.30 bits per heavy atom. The van der Waals surface area contributed by atoms with E-state index in [0.717, 1.165) is 38.6 Å². The average Bonchev–Trinajstić information content (AvgIpc) is 3.00. The summed E-state index contributed by atoms with van der Waals surface area (Å²) in [5, 5.41) is 7.52. The second kappa shape index (κ2) is 7.45. The lowest BCUT2D eigenvalue weighted by Crippen LogP contribution is -2.49. The number of thiophene rings is 1. The molecule has 1 saturated carbocycles. The van der Waals surface area contributed by atoms with Gasteiger partial charge in [0.15, 0.2) is 0 Å². The molecule has 6 heteroatoms. The highest BCUT2D eigenvalue weighted by Gasteiger charge is 2.26. The number of carbonyl (C=O) groups is 2. The Kier molecular flexibility index (Phi) is 5.33. The average molecular weight is 335 g/mol. The van der Waals surface area contributed by atoms with Gasteiger partial charge in [0.05, 0.1) is 6.54 Å². The van der Waals surface area contributed by atoms with Crippen molar-refractivity contribution in [3.8, 4) is 0 Å². The number of hydrogen-bond acceptors (Lipinski definition) is 4. The van der Waals surface area contributed by atoms with Crippen LogP contribution in [0.2, 0.25) is 0 Å². The first-order valence-corrected chi connectivity index (χ1v) is 9.42. The molecule has 1 aliphatic heterocycles. The molecule has 0 unspecified atom stereocenters. The molecule has 3 rings (SSSR count).